The van der Waals surface area contributed by atoms with Gasteiger partial charge in [0.1, 0.15) is 5.00 Å². The van der Waals surface area contributed by atoms with Gasteiger partial charge >= 0.3 is 0 Å². The lowest BCUT2D eigenvalue weighted by molar-refractivity contribution is 0.0990. The van der Waals surface area contributed by atoms with E-state index in [4.69, 9.17) is 0 Å². The SMILES string of the molecule is CC1(C)c2ccccc2N(c2ccc(C=C3C(=O)c4cc5c(cc4C3=O)CCCC5)s2)c2ccccc21. The maximum absolute atomic E-state index is 13.3. The summed E-state index contributed by atoms with van der Waals surface area (Å²) in [5, 5.41) is 1.06. The summed E-state index contributed by atoms with van der Waals surface area (Å²) >= 11 is 1.61. The molecule has 2 aliphatic carbocycles. The molecule has 1 aromatic heterocycles. The summed E-state index contributed by atoms with van der Waals surface area (Å²) in [7, 11) is 0. The molecule has 37 heavy (non-hydrogen) atoms. The molecular formula is C33H27NO2S. The first kappa shape index (κ1) is 22.4. The van der Waals surface area contributed by atoms with Gasteiger partial charge in [0, 0.05) is 21.4 Å². The van der Waals surface area contributed by atoms with Gasteiger partial charge in [0.25, 0.3) is 0 Å². The first-order valence-corrected chi connectivity index (χ1v) is 13.8. The summed E-state index contributed by atoms with van der Waals surface area (Å²) in [6.07, 6.45) is 6.08. The van der Waals surface area contributed by atoms with Gasteiger partial charge in [-0.25, -0.2) is 0 Å². The van der Waals surface area contributed by atoms with E-state index in [9.17, 15) is 9.59 Å². The quantitative estimate of drug-likeness (QED) is 0.205. The Hall–Kier alpha value is -3.76. The van der Waals surface area contributed by atoms with E-state index >= 15 is 0 Å². The standard InChI is InChI=1S/C33H27NO2S/c1-33(2)26-11-5-7-13-28(26)34(29-14-8-6-12-27(29)33)30-16-15-22(37-30)19-25-31(35)23-17-20-9-3-4-10-21(20)18-24(23)32(25)36/h5-8,11-19H,3-4,9-10H2,1-2H3. The van der Waals surface area contributed by atoms with E-state index in [1.54, 1.807) is 17.4 Å². The smallest absolute Gasteiger partial charge is 0.197 e. The van der Waals surface area contributed by atoms with Gasteiger partial charge in [-0.05, 0) is 90.4 Å². The molecule has 0 atom stereocenters. The number of thiophene rings is 1. The molecule has 0 N–H and O–H groups in total. The monoisotopic (exact) mass is 501 g/mol. The van der Waals surface area contributed by atoms with E-state index in [0.29, 0.717) is 11.1 Å². The molecule has 0 unspecified atom stereocenters. The van der Waals surface area contributed by atoms with Crippen molar-refractivity contribution in [2.75, 3.05) is 4.90 Å². The van der Waals surface area contributed by atoms with Crippen LogP contribution in [-0.4, -0.2) is 11.6 Å². The van der Waals surface area contributed by atoms with Crippen LogP contribution >= 0.6 is 11.3 Å². The van der Waals surface area contributed by atoms with E-state index in [1.807, 2.05) is 18.2 Å². The number of carbonyl (C=O) groups is 2. The average Bonchev–Trinajstić information content (AvgIpc) is 3.46. The molecule has 0 fully saturated rings. The lowest BCUT2D eigenvalue weighted by Crippen LogP contribution is -2.30. The Morgan fingerprint density at radius 2 is 1.30 bits per heavy atom. The molecule has 3 aliphatic rings. The number of aryl methyl sites for hydroxylation is 2. The number of hydrogen-bond donors (Lipinski definition) is 0. The highest BCUT2D eigenvalue weighted by Crippen LogP contribution is 2.52. The molecular weight excluding hydrogens is 474 g/mol. The normalized spacial score (nSPS) is 17.2. The Bertz CT molecular complexity index is 1560. The number of nitrogens with zero attached hydrogens (tertiary/aromatic N) is 1. The third kappa shape index (κ3) is 3.32. The second-order valence-electron chi connectivity index (χ2n) is 10.8. The van der Waals surface area contributed by atoms with E-state index < -0.39 is 0 Å². The molecule has 2 heterocycles. The van der Waals surface area contributed by atoms with Crippen LogP contribution in [0.5, 0.6) is 0 Å². The average molecular weight is 502 g/mol. The van der Waals surface area contributed by atoms with Crippen molar-refractivity contribution in [2.45, 2.75) is 44.9 Å². The molecule has 7 rings (SSSR count). The maximum Gasteiger partial charge on any atom is 0.197 e. The molecule has 0 spiro atoms. The Balaban J connectivity index is 1.29. The largest absolute Gasteiger partial charge is 0.301 e. The summed E-state index contributed by atoms with van der Waals surface area (Å²) < 4.78 is 0. The summed E-state index contributed by atoms with van der Waals surface area (Å²) in [5.41, 5.74) is 8.68. The van der Waals surface area contributed by atoms with Gasteiger partial charge in [-0.2, -0.15) is 0 Å². The zero-order valence-corrected chi connectivity index (χ0v) is 21.8. The zero-order valence-electron chi connectivity index (χ0n) is 21.0. The van der Waals surface area contributed by atoms with Crippen LogP contribution in [0.1, 0.15) is 74.5 Å². The minimum atomic E-state index is -0.140. The van der Waals surface area contributed by atoms with E-state index in [0.717, 1.165) is 35.6 Å². The number of anilines is 3. The number of Topliss-reactive ketones (excluding diaryl/α,β-unsaturated/α-hetero) is 2. The van der Waals surface area contributed by atoms with Gasteiger partial charge in [-0.1, -0.05) is 50.2 Å². The van der Waals surface area contributed by atoms with Crippen LogP contribution < -0.4 is 4.90 Å². The fourth-order valence-corrected chi connectivity index (χ4v) is 7.25. The van der Waals surface area contributed by atoms with E-state index in [2.05, 4.69) is 73.3 Å². The first-order valence-electron chi connectivity index (χ1n) is 13.0. The van der Waals surface area contributed by atoms with E-state index in [-0.39, 0.29) is 22.6 Å². The van der Waals surface area contributed by atoms with E-state index in [1.165, 1.54) is 33.6 Å². The summed E-state index contributed by atoms with van der Waals surface area (Å²) in [6, 6.07) is 25.2. The Morgan fingerprint density at radius 3 is 1.86 bits per heavy atom. The lowest BCUT2D eigenvalue weighted by atomic mass is 9.74. The van der Waals surface area contributed by atoms with Gasteiger partial charge in [0.05, 0.1) is 16.9 Å². The van der Waals surface area contributed by atoms with Gasteiger partial charge in [-0.3, -0.25) is 9.59 Å². The van der Waals surface area contributed by atoms with Crippen LogP contribution in [0.3, 0.4) is 0 Å². The lowest BCUT2D eigenvalue weighted by Gasteiger charge is -2.41. The van der Waals surface area contributed by atoms with Gasteiger partial charge < -0.3 is 4.90 Å². The van der Waals surface area contributed by atoms with Crippen molar-refractivity contribution in [2.24, 2.45) is 0 Å². The third-order valence-corrected chi connectivity index (χ3v) is 9.23. The molecule has 3 nitrogen and oxygen atoms in total. The minimum Gasteiger partial charge on any atom is -0.301 e. The van der Waals surface area contributed by atoms with Crippen LogP contribution in [0.2, 0.25) is 0 Å². The summed E-state index contributed by atoms with van der Waals surface area (Å²) in [6.45, 7) is 4.55. The van der Waals surface area contributed by atoms with Crippen molar-refractivity contribution < 1.29 is 9.59 Å². The first-order chi connectivity index (χ1) is 17.9. The van der Waals surface area contributed by atoms with Crippen molar-refractivity contribution >= 4 is 45.4 Å². The highest BCUT2D eigenvalue weighted by Gasteiger charge is 2.37. The molecule has 182 valence electrons. The second-order valence-corrected chi connectivity index (χ2v) is 11.9. The number of para-hydroxylation sites is 2. The molecule has 0 radical (unpaired) electrons. The highest BCUT2D eigenvalue weighted by atomic mass is 32.1. The minimum absolute atomic E-state index is 0.112. The Morgan fingerprint density at radius 1 is 0.757 bits per heavy atom. The Labute approximate surface area is 221 Å². The van der Waals surface area contributed by atoms with Crippen molar-refractivity contribution in [3.05, 3.63) is 117 Å². The van der Waals surface area contributed by atoms with Gasteiger partial charge in [-0.15, -0.1) is 11.3 Å². The molecule has 0 saturated heterocycles. The summed E-state index contributed by atoms with van der Waals surface area (Å²) in [5.74, 6) is -0.280. The van der Waals surface area contributed by atoms with Crippen LogP contribution in [0.15, 0.2) is 78.4 Å². The summed E-state index contributed by atoms with van der Waals surface area (Å²) in [4.78, 5) is 29.8. The second kappa shape index (κ2) is 8.12. The predicted octanol–water partition coefficient (Wildman–Crippen LogP) is 8.20. The molecule has 0 saturated carbocycles. The number of rotatable bonds is 2. The predicted molar refractivity (Wildman–Crippen MR) is 151 cm³/mol. The van der Waals surface area contributed by atoms with Gasteiger partial charge in [0.15, 0.2) is 11.6 Å². The van der Waals surface area contributed by atoms with Crippen LogP contribution in [0, 0.1) is 0 Å². The number of hydrogen-bond acceptors (Lipinski definition) is 4. The third-order valence-electron chi connectivity index (χ3n) is 8.22. The molecule has 0 amide bonds. The molecule has 3 aromatic carbocycles. The molecule has 0 bridgehead atoms. The maximum atomic E-state index is 13.3. The van der Waals surface area contributed by atoms with Crippen molar-refractivity contribution in [3.63, 3.8) is 0 Å². The fraction of sp³-hybridized carbons (Fsp3) is 0.212. The number of fused-ring (bicyclic) bond motifs is 4. The van der Waals surface area contributed by atoms with Crippen LogP contribution in [0.25, 0.3) is 6.08 Å². The Kier molecular flexibility index (Phi) is 4.93. The van der Waals surface area contributed by atoms with Crippen molar-refractivity contribution in [1.82, 2.24) is 0 Å². The van der Waals surface area contributed by atoms with Crippen LogP contribution in [0.4, 0.5) is 16.4 Å². The molecule has 4 heteroatoms. The number of allylic oxidation sites excluding steroid dienone is 1. The highest BCUT2D eigenvalue weighted by molar-refractivity contribution is 7.17. The fourth-order valence-electron chi connectivity index (χ4n) is 6.27. The zero-order chi connectivity index (χ0) is 25.3. The van der Waals surface area contributed by atoms with Crippen molar-refractivity contribution in [1.29, 1.82) is 0 Å². The van der Waals surface area contributed by atoms with Crippen LogP contribution in [-0.2, 0) is 18.3 Å². The molecule has 1 aliphatic heterocycles. The number of benzene rings is 3. The topological polar surface area (TPSA) is 37.4 Å². The van der Waals surface area contributed by atoms with Crippen molar-refractivity contribution in [3.8, 4) is 0 Å². The molecule has 4 aromatic rings. The number of ketones is 2. The number of carbonyl (C=O) groups excluding carboxylic acids is 2. The van der Waals surface area contributed by atoms with Gasteiger partial charge in [0.2, 0.25) is 0 Å².